The van der Waals surface area contributed by atoms with Crippen LogP contribution in [0.15, 0.2) is 0 Å². The van der Waals surface area contributed by atoms with Gasteiger partial charge in [0.2, 0.25) is 0 Å². The normalized spacial score (nSPS) is 12.4. The Balaban J connectivity index is 4.50. The largest absolute Gasteiger partial charge is 0.460 e. The Morgan fingerprint density at radius 2 is 1.60 bits per heavy atom. The second-order valence-corrected chi connectivity index (χ2v) is 5.20. The van der Waals surface area contributed by atoms with Gasteiger partial charge in [-0.2, -0.15) is 0 Å². The summed E-state index contributed by atoms with van der Waals surface area (Å²) in [6.45, 7) is 10.7. The second-order valence-electron chi connectivity index (χ2n) is 5.20. The van der Waals surface area contributed by atoms with Gasteiger partial charge in [-0.15, -0.1) is 0 Å². The molecule has 15 heavy (non-hydrogen) atoms. The Morgan fingerprint density at radius 1 is 1.13 bits per heavy atom. The molecule has 0 atom stereocenters. The molecule has 0 heterocycles. The van der Waals surface area contributed by atoms with E-state index in [1.807, 2.05) is 27.7 Å². The molecule has 88 valence electrons. The first-order chi connectivity index (χ1) is 6.60. The molecule has 0 aliphatic carbocycles. The molecular formula is C12H22O3. The molecule has 0 rings (SSSR count). The van der Waals surface area contributed by atoms with Crippen molar-refractivity contribution >= 4 is 11.8 Å². The molecule has 0 aromatic rings. The molecule has 3 nitrogen and oxygen atoms in total. The summed E-state index contributed by atoms with van der Waals surface area (Å²) in [7, 11) is 0. The van der Waals surface area contributed by atoms with E-state index in [4.69, 9.17) is 4.74 Å². The topological polar surface area (TPSA) is 43.4 Å². The van der Waals surface area contributed by atoms with Crippen LogP contribution in [0.5, 0.6) is 0 Å². The molecule has 0 aliphatic rings. The summed E-state index contributed by atoms with van der Waals surface area (Å²) in [5.74, 6) is -0.109. The summed E-state index contributed by atoms with van der Waals surface area (Å²) in [5, 5.41) is 0. The van der Waals surface area contributed by atoms with Gasteiger partial charge in [-0.05, 0) is 27.2 Å². The van der Waals surface area contributed by atoms with Crippen molar-refractivity contribution in [2.45, 2.75) is 60.0 Å². The van der Waals surface area contributed by atoms with Gasteiger partial charge < -0.3 is 4.74 Å². The van der Waals surface area contributed by atoms with Crippen molar-refractivity contribution in [3.05, 3.63) is 0 Å². The standard InChI is InChI=1S/C12H22O3/c1-7-10(14)15-12(5,6)8-11(3,4)9(2)13/h7-8H2,1-6H3. The van der Waals surface area contributed by atoms with Crippen molar-refractivity contribution in [3.63, 3.8) is 0 Å². The summed E-state index contributed by atoms with van der Waals surface area (Å²) >= 11 is 0. The lowest BCUT2D eigenvalue weighted by molar-refractivity contribution is -0.160. The number of carbonyl (C=O) groups excluding carboxylic acids is 2. The van der Waals surface area contributed by atoms with E-state index in [1.165, 1.54) is 0 Å². The molecule has 0 amide bonds. The number of carbonyl (C=O) groups is 2. The molecular weight excluding hydrogens is 192 g/mol. The molecule has 0 aliphatic heterocycles. The van der Waals surface area contributed by atoms with Gasteiger partial charge in [-0.25, -0.2) is 0 Å². The maximum atomic E-state index is 11.4. The van der Waals surface area contributed by atoms with Crippen LogP contribution in [0.3, 0.4) is 0 Å². The first-order valence-electron chi connectivity index (χ1n) is 5.33. The fourth-order valence-electron chi connectivity index (χ4n) is 1.61. The Morgan fingerprint density at radius 3 is 1.93 bits per heavy atom. The SMILES string of the molecule is CCC(=O)OC(C)(C)CC(C)(C)C(C)=O. The van der Waals surface area contributed by atoms with Crippen LogP contribution in [-0.4, -0.2) is 17.4 Å². The van der Waals surface area contributed by atoms with Crippen molar-refractivity contribution in [3.8, 4) is 0 Å². The summed E-state index contributed by atoms with van der Waals surface area (Å²) in [6, 6.07) is 0. The molecule has 0 fully saturated rings. The van der Waals surface area contributed by atoms with E-state index in [9.17, 15) is 9.59 Å². The molecule has 0 N–H and O–H groups in total. The van der Waals surface area contributed by atoms with Crippen LogP contribution in [0, 0.1) is 5.41 Å². The fourth-order valence-corrected chi connectivity index (χ4v) is 1.61. The molecule has 0 bridgehead atoms. The van der Waals surface area contributed by atoms with Crippen molar-refractivity contribution in [1.29, 1.82) is 0 Å². The molecule has 0 aromatic heterocycles. The molecule has 0 saturated carbocycles. The molecule has 0 unspecified atom stereocenters. The summed E-state index contributed by atoms with van der Waals surface area (Å²) in [6.07, 6.45) is 0.908. The zero-order valence-corrected chi connectivity index (χ0v) is 10.6. The van der Waals surface area contributed by atoms with Gasteiger partial charge in [0.25, 0.3) is 0 Å². The molecule has 3 heteroatoms. The molecule has 0 spiro atoms. The van der Waals surface area contributed by atoms with Crippen molar-refractivity contribution in [2.75, 3.05) is 0 Å². The number of ketones is 1. The van der Waals surface area contributed by atoms with E-state index in [-0.39, 0.29) is 11.8 Å². The smallest absolute Gasteiger partial charge is 0.306 e. The van der Waals surface area contributed by atoms with Gasteiger partial charge in [0.15, 0.2) is 0 Å². The Kier molecular flexibility index (Phi) is 4.50. The van der Waals surface area contributed by atoms with Crippen LogP contribution < -0.4 is 0 Å². The fraction of sp³-hybridized carbons (Fsp3) is 0.833. The quantitative estimate of drug-likeness (QED) is 0.661. The van der Waals surface area contributed by atoms with E-state index in [0.29, 0.717) is 12.8 Å². The minimum atomic E-state index is -0.581. The average Bonchev–Trinajstić information content (AvgIpc) is 2.00. The van der Waals surface area contributed by atoms with Crippen LogP contribution >= 0.6 is 0 Å². The Bertz CT molecular complexity index is 252. The highest BCUT2D eigenvalue weighted by Crippen LogP contribution is 2.31. The monoisotopic (exact) mass is 214 g/mol. The van der Waals surface area contributed by atoms with Crippen LogP contribution in [0.1, 0.15) is 54.4 Å². The lowest BCUT2D eigenvalue weighted by atomic mass is 9.79. The van der Waals surface area contributed by atoms with Gasteiger partial charge in [-0.1, -0.05) is 20.8 Å². The third-order valence-corrected chi connectivity index (χ3v) is 2.50. The number of Topliss-reactive ketones (excluding diaryl/α,β-unsaturated/α-hetero) is 1. The summed E-state index contributed by atoms with van der Waals surface area (Å²) < 4.78 is 5.28. The first-order valence-corrected chi connectivity index (χ1v) is 5.33. The van der Waals surface area contributed by atoms with E-state index >= 15 is 0 Å². The third kappa shape index (κ3) is 4.96. The van der Waals surface area contributed by atoms with E-state index in [0.717, 1.165) is 0 Å². The summed E-state index contributed by atoms with van der Waals surface area (Å²) in [5.41, 5.74) is -1.03. The highest BCUT2D eigenvalue weighted by atomic mass is 16.6. The number of hydrogen-bond acceptors (Lipinski definition) is 3. The van der Waals surface area contributed by atoms with Crippen molar-refractivity contribution < 1.29 is 14.3 Å². The molecule has 0 saturated heterocycles. The van der Waals surface area contributed by atoms with Gasteiger partial charge in [-0.3, -0.25) is 9.59 Å². The number of rotatable bonds is 5. The first kappa shape index (κ1) is 14.1. The predicted octanol–water partition coefficient (Wildman–Crippen LogP) is 2.72. The van der Waals surface area contributed by atoms with Gasteiger partial charge >= 0.3 is 5.97 Å². The maximum absolute atomic E-state index is 11.4. The van der Waals surface area contributed by atoms with E-state index in [2.05, 4.69) is 0 Å². The molecule has 0 radical (unpaired) electrons. The highest BCUT2D eigenvalue weighted by molar-refractivity contribution is 5.81. The van der Waals surface area contributed by atoms with Crippen molar-refractivity contribution in [2.24, 2.45) is 5.41 Å². The van der Waals surface area contributed by atoms with Gasteiger partial charge in [0.1, 0.15) is 11.4 Å². The zero-order chi connectivity index (χ0) is 12.3. The van der Waals surface area contributed by atoms with Crippen LogP contribution in [0.4, 0.5) is 0 Å². The Hall–Kier alpha value is -0.860. The summed E-state index contributed by atoms with van der Waals surface area (Å²) in [4.78, 5) is 22.5. The maximum Gasteiger partial charge on any atom is 0.306 e. The second kappa shape index (κ2) is 4.77. The number of ether oxygens (including phenoxy) is 1. The van der Waals surface area contributed by atoms with Gasteiger partial charge in [0, 0.05) is 11.8 Å². The lowest BCUT2D eigenvalue weighted by Crippen LogP contribution is -2.36. The minimum absolute atomic E-state index is 0.114. The highest BCUT2D eigenvalue weighted by Gasteiger charge is 2.34. The van der Waals surface area contributed by atoms with E-state index < -0.39 is 11.0 Å². The van der Waals surface area contributed by atoms with Crippen LogP contribution in [0.2, 0.25) is 0 Å². The number of hydrogen-bond donors (Lipinski definition) is 0. The minimum Gasteiger partial charge on any atom is -0.460 e. The van der Waals surface area contributed by atoms with Gasteiger partial charge in [0.05, 0.1) is 0 Å². The zero-order valence-electron chi connectivity index (χ0n) is 10.6. The van der Waals surface area contributed by atoms with Crippen LogP contribution in [0.25, 0.3) is 0 Å². The third-order valence-electron chi connectivity index (χ3n) is 2.50. The Labute approximate surface area is 92.2 Å². The number of esters is 1. The lowest BCUT2D eigenvalue weighted by Gasteiger charge is -2.32. The predicted molar refractivity (Wildman–Crippen MR) is 59.5 cm³/mol. The van der Waals surface area contributed by atoms with Crippen molar-refractivity contribution in [1.82, 2.24) is 0 Å². The van der Waals surface area contributed by atoms with E-state index in [1.54, 1.807) is 13.8 Å². The molecule has 0 aromatic carbocycles. The van der Waals surface area contributed by atoms with Crippen LogP contribution in [-0.2, 0) is 14.3 Å². The average molecular weight is 214 g/mol.